The summed E-state index contributed by atoms with van der Waals surface area (Å²) in [7, 11) is 1.33. The lowest BCUT2D eigenvalue weighted by Gasteiger charge is -2.21. The average Bonchev–Trinajstić information content (AvgIpc) is 3.11. The van der Waals surface area contributed by atoms with E-state index in [9.17, 15) is 9.59 Å². The highest BCUT2D eigenvalue weighted by Gasteiger charge is 2.36. The summed E-state index contributed by atoms with van der Waals surface area (Å²) < 4.78 is 10.3. The van der Waals surface area contributed by atoms with Crippen molar-refractivity contribution in [2.45, 2.75) is 18.9 Å². The van der Waals surface area contributed by atoms with Crippen molar-refractivity contribution in [1.29, 1.82) is 0 Å². The standard InChI is InChI=1S/C15H16N2O4/c1-20-15(19)11-3-2-6-17(11)14(18)13-8-9-7-10(16)4-5-12(9)21-13/h4-5,7-8,11H,2-3,6,16H2,1H3. The number of hydrogen-bond acceptors (Lipinski definition) is 5. The first-order valence-corrected chi connectivity index (χ1v) is 6.78. The smallest absolute Gasteiger partial charge is 0.328 e. The Labute approximate surface area is 121 Å². The second kappa shape index (κ2) is 5.12. The van der Waals surface area contributed by atoms with Gasteiger partial charge in [-0.2, -0.15) is 0 Å². The highest BCUT2D eigenvalue weighted by molar-refractivity contribution is 5.98. The minimum absolute atomic E-state index is 0.214. The molecule has 1 aliphatic rings. The van der Waals surface area contributed by atoms with Crippen LogP contribution < -0.4 is 5.73 Å². The molecular weight excluding hydrogens is 272 g/mol. The lowest BCUT2D eigenvalue weighted by Crippen LogP contribution is -2.40. The number of rotatable bonds is 2. The number of nitrogen functional groups attached to an aromatic ring is 1. The molecule has 1 fully saturated rings. The molecule has 0 radical (unpaired) electrons. The normalized spacial score (nSPS) is 18.1. The highest BCUT2D eigenvalue weighted by atomic mass is 16.5. The predicted octanol–water partition coefficient (Wildman–Crippen LogP) is 1.79. The number of methoxy groups -OCH3 is 1. The Kier molecular flexibility index (Phi) is 3.29. The fourth-order valence-corrected chi connectivity index (χ4v) is 2.70. The molecule has 3 rings (SSSR count). The quantitative estimate of drug-likeness (QED) is 0.672. The maximum Gasteiger partial charge on any atom is 0.328 e. The number of ether oxygens (including phenoxy) is 1. The number of benzene rings is 1. The van der Waals surface area contributed by atoms with Crippen molar-refractivity contribution in [3.8, 4) is 0 Å². The zero-order valence-electron chi connectivity index (χ0n) is 11.7. The minimum Gasteiger partial charge on any atom is -0.467 e. The molecule has 0 bridgehead atoms. The van der Waals surface area contributed by atoms with Gasteiger partial charge in [0.15, 0.2) is 5.76 Å². The topological polar surface area (TPSA) is 85.8 Å². The molecule has 1 aromatic carbocycles. The fourth-order valence-electron chi connectivity index (χ4n) is 2.70. The molecule has 0 aliphatic carbocycles. The lowest BCUT2D eigenvalue weighted by molar-refractivity contribution is -0.145. The molecule has 6 heteroatoms. The molecule has 1 amide bonds. The SMILES string of the molecule is COC(=O)C1CCCN1C(=O)c1cc2cc(N)ccc2o1. The maximum absolute atomic E-state index is 12.5. The van der Waals surface area contributed by atoms with Crippen molar-refractivity contribution >= 4 is 28.5 Å². The van der Waals surface area contributed by atoms with Crippen molar-refractivity contribution in [2.24, 2.45) is 0 Å². The fraction of sp³-hybridized carbons (Fsp3) is 0.333. The number of nitrogens with zero attached hydrogens (tertiary/aromatic N) is 1. The highest BCUT2D eigenvalue weighted by Crippen LogP contribution is 2.26. The summed E-state index contributed by atoms with van der Waals surface area (Å²) >= 11 is 0. The summed E-state index contributed by atoms with van der Waals surface area (Å²) in [5.41, 5.74) is 6.92. The third-order valence-electron chi connectivity index (χ3n) is 3.74. The molecule has 6 nitrogen and oxygen atoms in total. The molecule has 1 aromatic heterocycles. The van der Waals surface area contributed by atoms with Gasteiger partial charge in [-0.15, -0.1) is 0 Å². The van der Waals surface area contributed by atoms with Crippen LogP contribution in [0.2, 0.25) is 0 Å². The van der Waals surface area contributed by atoms with E-state index in [2.05, 4.69) is 0 Å². The zero-order valence-corrected chi connectivity index (χ0v) is 11.7. The molecule has 21 heavy (non-hydrogen) atoms. The van der Waals surface area contributed by atoms with E-state index in [-0.39, 0.29) is 17.6 Å². The van der Waals surface area contributed by atoms with Crippen molar-refractivity contribution in [1.82, 2.24) is 4.90 Å². The Balaban J connectivity index is 1.91. The van der Waals surface area contributed by atoms with E-state index in [0.29, 0.717) is 24.2 Å². The van der Waals surface area contributed by atoms with Crippen LogP contribution in [0.25, 0.3) is 11.0 Å². The third kappa shape index (κ3) is 2.33. The Bertz CT molecular complexity index is 707. The van der Waals surface area contributed by atoms with Crippen molar-refractivity contribution < 1.29 is 18.7 Å². The number of amides is 1. The van der Waals surface area contributed by atoms with Crippen LogP contribution in [0.15, 0.2) is 28.7 Å². The van der Waals surface area contributed by atoms with Gasteiger partial charge >= 0.3 is 5.97 Å². The zero-order chi connectivity index (χ0) is 15.0. The monoisotopic (exact) mass is 288 g/mol. The molecule has 2 N–H and O–H groups in total. The Morgan fingerprint density at radius 1 is 1.38 bits per heavy atom. The Morgan fingerprint density at radius 3 is 2.95 bits per heavy atom. The summed E-state index contributed by atoms with van der Waals surface area (Å²) in [6.07, 6.45) is 1.39. The molecule has 2 heterocycles. The largest absolute Gasteiger partial charge is 0.467 e. The second-order valence-corrected chi connectivity index (χ2v) is 5.09. The third-order valence-corrected chi connectivity index (χ3v) is 3.74. The number of fused-ring (bicyclic) bond motifs is 1. The van der Waals surface area contributed by atoms with Crippen LogP contribution in [0.5, 0.6) is 0 Å². The number of likely N-dealkylation sites (tertiary alicyclic amines) is 1. The van der Waals surface area contributed by atoms with Crippen LogP contribution in [0.3, 0.4) is 0 Å². The average molecular weight is 288 g/mol. The molecule has 0 saturated carbocycles. The van der Waals surface area contributed by atoms with Gasteiger partial charge in [-0.3, -0.25) is 4.79 Å². The first-order valence-electron chi connectivity index (χ1n) is 6.78. The van der Waals surface area contributed by atoms with Gasteiger partial charge in [0.2, 0.25) is 0 Å². The summed E-state index contributed by atoms with van der Waals surface area (Å²) in [5.74, 6) is -0.467. The predicted molar refractivity (Wildman–Crippen MR) is 76.7 cm³/mol. The van der Waals surface area contributed by atoms with E-state index in [1.807, 2.05) is 0 Å². The minimum atomic E-state index is -0.527. The first kappa shape index (κ1) is 13.5. The van der Waals surface area contributed by atoms with Crippen molar-refractivity contribution in [3.05, 3.63) is 30.0 Å². The van der Waals surface area contributed by atoms with Crippen LogP contribution in [0, 0.1) is 0 Å². The summed E-state index contributed by atoms with van der Waals surface area (Å²) in [4.78, 5) is 25.7. The first-order chi connectivity index (χ1) is 10.1. The number of furan rings is 1. The molecule has 1 aliphatic heterocycles. The molecule has 2 aromatic rings. The summed E-state index contributed by atoms with van der Waals surface area (Å²) in [6, 6.07) is 6.31. The second-order valence-electron chi connectivity index (χ2n) is 5.09. The molecule has 1 saturated heterocycles. The maximum atomic E-state index is 12.5. The summed E-state index contributed by atoms with van der Waals surface area (Å²) in [6.45, 7) is 0.526. The van der Waals surface area contributed by atoms with Crippen molar-refractivity contribution in [3.63, 3.8) is 0 Å². The molecule has 1 atom stereocenters. The van der Waals surface area contributed by atoms with Gasteiger partial charge in [0.25, 0.3) is 5.91 Å². The van der Waals surface area contributed by atoms with Crippen LogP contribution in [-0.4, -0.2) is 36.5 Å². The Morgan fingerprint density at radius 2 is 2.19 bits per heavy atom. The number of hydrogen-bond donors (Lipinski definition) is 1. The number of carbonyl (C=O) groups is 2. The number of nitrogens with two attached hydrogens (primary N) is 1. The lowest BCUT2D eigenvalue weighted by atomic mass is 10.2. The van der Waals surface area contributed by atoms with E-state index in [1.54, 1.807) is 24.3 Å². The van der Waals surface area contributed by atoms with Crippen LogP contribution in [0.4, 0.5) is 5.69 Å². The van der Waals surface area contributed by atoms with Crippen LogP contribution in [0.1, 0.15) is 23.4 Å². The molecular formula is C15H16N2O4. The van der Waals surface area contributed by atoms with E-state index >= 15 is 0 Å². The van der Waals surface area contributed by atoms with Gasteiger partial charge < -0.3 is 19.8 Å². The van der Waals surface area contributed by atoms with Gasteiger partial charge in [0.05, 0.1) is 7.11 Å². The summed E-state index contributed by atoms with van der Waals surface area (Å²) in [5, 5.41) is 0.771. The van der Waals surface area contributed by atoms with E-state index in [1.165, 1.54) is 12.0 Å². The van der Waals surface area contributed by atoms with E-state index in [0.717, 1.165) is 11.8 Å². The van der Waals surface area contributed by atoms with Gasteiger partial charge in [-0.1, -0.05) is 0 Å². The number of anilines is 1. The van der Waals surface area contributed by atoms with Crippen LogP contribution >= 0.6 is 0 Å². The van der Waals surface area contributed by atoms with Gasteiger partial charge in [-0.25, -0.2) is 4.79 Å². The molecule has 1 unspecified atom stereocenters. The molecule has 0 spiro atoms. The van der Waals surface area contributed by atoms with Gasteiger partial charge in [-0.05, 0) is 37.1 Å². The van der Waals surface area contributed by atoms with Crippen molar-refractivity contribution in [2.75, 3.05) is 19.4 Å². The van der Waals surface area contributed by atoms with E-state index in [4.69, 9.17) is 14.9 Å². The van der Waals surface area contributed by atoms with Gasteiger partial charge in [0.1, 0.15) is 11.6 Å². The van der Waals surface area contributed by atoms with Gasteiger partial charge in [0, 0.05) is 17.6 Å². The number of esters is 1. The Hall–Kier alpha value is -2.50. The van der Waals surface area contributed by atoms with E-state index < -0.39 is 6.04 Å². The molecule has 110 valence electrons. The van der Waals surface area contributed by atoms with Crippen LogP contribution in [-0.2, 0) is 9.53 Å². The number of carbonyl (C=O) groups excluding carboxylic acids is 2.